The van der Waals surface area contributed by atoms with E-state index in [0.29, 0.717) is 23.4 Å². The average Bonchev–Trinajstić information content (AvgIpc) is 3.46. The topological polar surface area (TPSA) is 83.1 Å². The molecule has 164 valence electrons. The van der Waals surface area contributed by atoms with Gasteiger partial charge in [-0.15, -0.1) is 0 Å². The zero-order valence-electron chi connectivity index (χ0n) is 18.2. The number of nitrogens with one attached hydrogen (secondary N) is 3. The van der Waals surface area contributed by atoms with Crippen LogP contribution >= 0.6 is 0 Å². The van der Waals surface area contributed by atoms with Gasteiger partial charge in [0.15, 0.2) is 0 Å². The summed E-state index contributed by atoms with van der Waals surface area (Å²) in [6, 6.07) is 8.99. The van der Waals surface area contributed by atoms with Gasteiger partial charge in [0.2, 0.25) is 0 Å². The molecule has 6 heteroatoms. The minimum Gasteiger partial charge on any atom is -0.370 e. The van der Waals surface area contributed by atoms with E-state index in [0.717, 1.165) is 36.2 Å². The van der Waals surface area contributed by atoms with Crippen LogP contribution in [0, 0.1) is 18.8 Å². The van der Waals surface area contributed by atoms with E-state index < -0.39 is 0 Å². The van der Waals surface area contributed by atoms with Gasteiger partial charge in [-0.05, 0) is 67.9 Å². The van der Waals surface area contributed by atoms with Crippen LogP contribution in [0.2, 0.25) is 0 Å². The molecule has 2 amide bonds. The van der Waals surface area contributed by atoms with E-state index in [1.165, 1.54) is 38.5 Å². The van der Waals surface area contributed by atoms with Crippen LogP contribution in [-0.2, 0) is 0 Å². The van der Waals surface area contributed by atoms with E-state index in [1.54, 1.807) is 18.3 Å². The minimum absolute atomic E-state index is 0.125. The molecule has 3 N–H and O–H groups in total. The second-order valence-electron chi connectivity index (χ2n) is 8.94. The van der Waals surface area contributed by atoms with E-state index >= 15 is 0 Å². The first-order valence-corrected chi connectivity index (χ1v) is 11.5. The highest BCUT2D eigenvalue weighted by Gasteiger charge is 2.20. The highest BCUT2D eigenvalue weighted by Crippen LogP contribution is 2.29. The van der Waals surface area contributed by atoms with Gasteiger partial charge in [-0.3, -0.25) is 9.59 Å². The van der Waals surface area contributed by atoms with E-state index in [-0.39, 0.29) is 11.8 Å². The Morgan fingerprint density at radius 1 is 1.00 bits per heavy atom. The smallest absolute Gasteiger partial charge is 0.255 e. The number of aryl methyl sites for hydroxylation is 1. The lowest BCUT2D eigenvalue weighted by atomic mass is 10.0. The number of aromatic nitrogens is 1. The molecule has 2 fully saturated rings. The minimum atomic E-state index is -0.237. The molecular weight excluding hydrogens is 388 g/mol. The summed E-state index contributed by atoms with van der Waals surface area (Å²) in [6.07, 6.45) is 10.4. The van der Waals surface area contributed by atoms with Gasteiger partial charge in [-0.25, -0.2) is 4.98 Å². The Kier molecular flexibility index (Phi) is 6.85. The summed E-state index contributed by atoms with van der Waals surface area (Å²) in [5.74, 6) is 1.97. The molecule has 0 atom stereocenters. The molecule has 0 bridgehead atoms. The number of benzene rings is 1. The predicted molar refractivity (Wildman–Crippen MR) is 123 cm³/mol. The molecule has 4 rings (SSSR count). The van der Waals surface area contributed by atoms with E-state index in [2.05, 4.69) is 20.9 Å². The average molecular weight is 421 g/mol. The third-order valence-corrected chi connectivity index (χ3v) is 6.35. The van der Waals surface area contributed by atoms with Gasteiger partial charge in [0.25, 0.3) is 11.8 Å². The maximum atomic E-state index is 12.8. The molecule has 2 aliphatic carbocycles. The molecule has 2 aliphatic rings. The number of carbonyl (C=O) groups is 2. The van der Waals surface area contributed by atoms with Crippen LogP contribution in [0.15, 0.2) is 36.5 Å². The number of nitrogens with zero attached hydrogens (tertiary/aromatic N) is 1. The number of rotatable bonds is 9. The van der Waals surface area contributed by atoms with Crippen molar-refractivity contribution in [2.75, 3.05) is 23.7 Å². The van der Waals surface area contributed by atoms with Crippen LogP contribution in [0.25, 0.3) is 0 Å². The lowest BCUT2D eigenvalue weighted by Gasteiger charge is -2.12. The Hall–Kier alpha value is -2.89. The third kappa shape index (κ3) is 6.06. The molecule has 1 aromatic carbocycles. The molecule has 0 saturated heterocycles. The Bertz CT molecular complexity index is 916. The first-order valence-electron chi connectivity index (χ1n) is 11.5. The molecule has 0 aliphatic heterocycles. The molecular formula is C25H32N4O2. The Labute approximate surface area is 184 Å². The third-order valence-electron chi connectivity index (χ3n) is 6.35. The van der Waals surface area contributed by atoms with Crippen LogP contribution in [0.5, 0.6) is 0 Å². The number of pyridine rings is 1. The lowest BCUT2D eigenvalue weighted by Crippen LogP contribution is -2.26. The van der Waals surface area contributed by atoms with Crippen LogP contribution < -0.4 is 16.0 Å². The summed E-state index contributed by atoms with van der Waals surface area (Å²) >= 11 is 0. The van der Waals surface area contributed by atoms with Crippen LogP contribution in [-0.4, -0.2) is 29.9 Å². The van der Waals surface area contributed by atoms with Crippen molar-refractivity contribution in [3.05, 3.63) is 53.2 Å². The van der Waals surface area contributed by atoms with Crippen molar-refractivity contribution >= 4 is 23.3 Å². The summed E-state index contributed by atoms with van der Waals surface area (Å²) in [5, 5.41) is 9.21. The van der Waals surface area contributed by atoms with E-state index in [1.807, 2.05) is 25.1 Å². The van der Waals surface area contributed by atoms with Gasteiger partial charge in [-0.2, -0.15) is 0 Å². The van der Waals surface area contributed by atoms with Gasteiger partial charge < -0.3 is 16.0 Å². The molecule has 0 unspecified atom stereocenters. The summed E-state index contributed by atoms with van der Waals surface area (Å²) in [6.45, 7) is 3.51. The fourth-order valence-electron chi connectivity index (χ4n) is 4.14. The van der Waals surface area contributed by atoms with Gasteiger partial charge in [0.1, 0.15) is 5.82 Å². The fourth-order valence-corrected chi connectivity index (χ4v) is 4.14. The maximum absolute atomic E-state index is 12.8. The summed E-state index contributed by atoms with van der Waals surface area (Å²) < 4.78 is 0. The Morgan fingerprint density at radius 3 is 2.52 bits per heavy atom. The zero-order valence-corrected chi connectivity index (χ0v) is 18.2. The van der Waals surface area contributed by atoms with Crippen LogP contribution in [0.3, 0.4) is 0 Å². The standard InChI is InChI=1S/C25H32N4O2/c1-17-6-9-20(24(30)26-13-12-18-4-2-3-5-18)14-22(17)25(31)29-21-10-11-23(28-16-21)27-15-19-7-8-19/h6,9-11,14,16,18-19H,2-5,7-8,12-13,15H2,1H3,(H,26,30)(H,27,28)(H,29,31). The number of hydrogen-bond acceptors (Lipinski definition) is 4. The van der Waals surface area contributed by atoms with Crippen molar-refractivity contribution in [2.24, 2.45) is 11.8 Å². The molecule has 6 nitrogen and oxygen atoms in total. The lowest BCUT2D eigenvalue weighted by molar-refractivity contribution is 0.0951. The van der Waals surface area contributed by atoms with Crippen molar-refractivity contribution in [1.29, 1.82) is 0 Å². The first kappa shape index (κ1) is 21.3. The van der Waals surface area contributed by atoms with Gasteiger partial charge in [0.05, 0.1) is 11.9 Å². The van der Waals surface area contributed by atoms with Gasteiger partial charge in [-0.1, -0.05) is 31.7 Å². The molecule has 1 heterocycles. The van der Waals surface area contributed by atoms with Crippen molar-refractivity contribution in [3.63, 3.8) is 0 Å². The maximum Gasteiger partial charge on any atom is 0.255 e. The van der Waals surface area contributed by atoms with Gasteiger partial charge in [0, 0.05) is 24.2 Å². The first-order chi connectivity index (χ1) is 15.1. The summed E-state index contributed by atoms with van der Waals surface area (Å²) in [5.41, 5.74) is 2.47. The Morgan fingerprint density at radius 2 is 1.81 bits per heavy atom. The van der Waals surface area contributed by atoms with Crippen molar-refractivity contribution < 1.29 is 9.59 Å². The quantitative estimate of drug-likeness (QED) is 0.545. The molecule has 0 radical (unpaired) electrons. The van der Waals surface area contributed by atoms with Crippen LogP contribution in [0.4, 0.5) is 11.5 Å². The monoisotopic (exact) mass is 420 g/mol. The Balaban J connectivity index is 1.33. The zero-order chi connectivity index (χ0) is 21.6. The molecule has 1 aromatic heterocycles. The fraction of sp³-hybridized carbons (Fsp3) is 0.480. The van der Waals surface area contributed by atoms with Crippen molar-refractivity contribution in [2.45, 2.75) is 51.9 Å². The number of hydrogen-bond donors (Lipinski definition) is 3. The van der Waals surface area contributed by atoms with Gasteiger partial charge >= 0.3 is 0 Å². The molecule has 31 heavy (non-hydrogen) atoms. The molecule has 0 spiro atoms. The number of carbonyl (C=O) groups excluding carboxylic acids is 2. The van der Waals surface area contributed by atoms with Crippen LogP contribution in [0.1, 0.15) is 71.2 Å². The summed E-state index contributed by atoms with van der Waals surface area (Å²) in [4.78, 5) is 29.7. The second kappa shape index (κ2) is 9.94. The number of anilines is 2. The largest absolute Gasteiger partial charge is 0.370 e. The summed E-state index contributed by atoms with van der Waals surface area (Å²) in [7, 11) is 0. The van der Waals surface area contributed by atoms with E-state index in [9.17, 15) is 9.59 Å². The second-order valence-corrected chi connectivity index (χ2v) is 8.94. The van der Waals surface area contributed by atoms with E-state index in [4.69, 9.17) is 0 Å². The van der Waals surface area contributed by atoms with Crippen molar-refractivity contribution in [1.82, 2.24) is 10.3 Å². The highest BCUT2D eigenvalue weighted by molar-refractivity contribution is 6.07. The highest BCUT2D eigenvalue weighted by atomic mass is 16.2. The predicted octanol–water partition coefficient (Wildman–Crippen LogP) is 4.77. The molecule has 2 aromatic rings. The van der Waals surface area contributed by atoms with Crippen molar-refractivity contribution in [3.8, 4) is 0 Å². The SMILES string of the molecule is Cc1ccc(C(=O)NCCC2CCCC2)cc1C(=O)Nc1ccc(NCC2CC2)nc1. The number of amides is 2. The molecule has 2 saturated carbocycles. The normalized spacial score (nSPS) is 16.2.